The fourth-order valence-electron chi connectivity index (χ4n) is 1.74. The van der Waals surface area contributed by atoms with Crippen LogP contribution in [0.15, 0.2) is 0 Å². The van der Waals surface area contributed by atoms with Crippen LogP contribution < -0.4 is 11.1 Å². The van der Waals surface area contributed by atoms with Gasteiger partial charge >= 0.3 is 5.97 Å². The van der Waals surface area contributed by atoms with Crippen LogP contribution in [0.25, 0.3) is 0 Å². The Morgan fingerprint density at radius 3 is 2.12 bits per heavy atom. The Morgan fingerprint density at radius 1 is 1.29 bits per heavy atom. The zero-order valence-electron chi connectivity index (χ0n) is 11.0. The predicted molar refractivity (Wildman–Crippen MR) is 66.5 cm³/mol. The number of nitrogens with two attached hydrogens (primary N) is 1. The number of nitrogens with one attached hydrogen (secondary N) is 1. The van der Waals surface area contributed by atoms with Gasteiger partial charge in [-0.05, 0) is 19.3 Å². The molecule has 0 spiro atoms. The molecule has 0 aromatic rings. The zero-order valence-corrected chi connectivity index (χ0v) is 11.0. The molecule has 1 amide bonds. The number of carboxylic acids is 1. The Labute approximate surface area is 103 Å². The third kappa shape index (κ3) is 4.00. The van der Waals surface area contributed by atoms with Gasteiger partial charge in [-0.1, -0.05) is 20.8 Å². The largest absolute Gasteiger partial charge is 0.481 e. The molecule has 5 heteroatoms. The predicted octanol–water partition coefficient (Wildman–Crippen LogP) is 0.979. The van der Waals surface area contributed by atoms with Gasteiger partial charge in [0.25, 0.3) is 0 Å². The van der Waals surface area contributed by atoms with E-state index in [2.05, 4.69) is 5.32 Å². The van der Waals surface area contributed by atoms with Crippen LogP contribution in [-0.2, 0) is 9.59 Å². The molecule has 0 saturated carbocycles. The van der Waals surface area contributed by atoms with Gasteiger partial charge in [0.1, 0.15) is 0 Å². The summed E-state index contributed by atoms with van der Waals surface area (Å²) >= 11 is 0. The van der Waals surface area contributed by atoms with E-state index in [4.69, 9.17) is 5.73 Å². The fraction of sp³-hybridized carbons (Fsp3) is 0.833. The summed E-state index contributed by atoms with van der Waals surface area (Å²) in [7, 11) is 0. The van der Waals surface area contributed by atoms with Crippen molar-refractivity contribution >= 4 is 11.9 Å². The molecule has 0 aliphatic carbocycles. The van der Waals surface area contributed by atoms with E-state index in [1.165, 1.54) is 0 Å². The van der Waals surface area contributed by atoms with Crippen molar-refractivity contribution in [3.63, 3.8) is 0 Å². The van der Waals surface area contributed by atoms with Crippen molar-refractivity contribution in [2.45, 2.75) is 40.0 Å². The van der Waals surface area contributed by atoms with Crippen LogP contribution in [0, 0.1) is 11.3 Å². The second-order valence-electron chi connectivity index (χ2n) is 4.35. The summed E-state index contributed by atoms with van der Waals surface area (Å²) < 4.78 is 0. The van der Waals surface area contributed by atoms with Crippen molar-refractivity contribution in [2.75, 3.05) is 13.1 Å². The molecule has 4 N–H and O–H groups in total. The van der Waals surface area contributed by atoms with E-state index in [1.54, 1.807) is 0 Å². The van der Waals surface area contributed by atoms with Crippen LogP contribution in [0.1, 0.15) is 40.0 Å². The molecule has 100 valence electrons. The summed E-state index contributed by atoms with van der Waals surface area (Å²) in [4.78, 5) is 23.0. The minimum Gasteiger partial charge on any atom is -0.481 e. The quantitative estimate of drug-likeness (QED) is 0.593. The maximum Gasteiger partial charge on any atom is 0.311 e. The molecule has 0 bridgehead atoms. The first kappa shape index (κ1) is 15.9. The molecule has 0 fully saturated rings. The first-order valence-electron chi connectivity index (χ1n) is 6.18. The maximum atomic E-state index is 11.7. The highest BCUT2D eigenvalue weighted by Gasteiger charge is 2.35. The molecule has 5 nitrogen and oxygen atoms in total. The van der Waals surface area contributed by atoms with E-state index in [9.17, 15) is 14.7 Å². The number of hydrogen-bond donors (Lipinski definition) is 3. The van der Waals surface area contributed by atoms with Gasteiger partial charge in [-0.3, -0.25) is 9.59 Å². The number of carbonyl (C=O) groups is 2. The van der Waals surface area contributed by atoms with Crippen molar-refractivity contribution < 1.29 is 14.7 Å². The highest BCUT2D eigenvalue weighted by Crippen LogP contribution is 2.25. The van der Waals surface area contributed by atoms with Crippen molar-refractivity contribution in [1.29, 1.82) is 0 Å². The fourth-order valence-corrected chi connectivity index (χ4v) is 1.74. The lowest BCUT2D eigenvalue weighted by molar-refractivity contribution is -0.149. The van der Waals surface area contributed by atoms with Crippen LogP contribution in [0.5, 0.6) is 0 Å². The Hall–Kier alpha value is -1.10. The summed E-state index contributed by atoms with van der Waals surface area (Å²) in [5.74, 6) is -1.23. The Balaban J connectivity index is 4.51. The number of hydrogen-bond acceptors (Lipinski definition) is 3. The van der Waals surface area contributed by atoms with Crippen molar-refractivity contribution in [3.05, 3.63) is 0 Å². The summed E-state index contributed by atoms with van der Waals surface area (Å²) in [5, 5.41) is 11.9. The van der Waals surface area contributed by atoms with E-state index in [0.717, 1.165) is 0 Å². The molecule has 0 aliphatic rings. The van der Waals surface area contributed by atoms with E-state index in [0.29, 0.717) is 25.8 Å². The molecule has 0 heterocycles. The van der Waals surface area contributed by atoms with Gasteiger partial charge in [0, 0.05) is 19.0 Å². The smallest absolute Gasteiger partial charge is 0.311 e. The number of carboxylic acid groups (broad SMARTS) is 1. The van der Waals surface area contributed by atoms with E-state index >= 15 is 0 Å². The van der Waals surface area contributed by atoms with E-state index in [-0.39, 0.29) is 18.4 Å². The lowest BCUT2D eigenvalue weighted by Gasteiger charge is -2.27. The SMILES string of the molecule is CCC(CN)C(=O)NCC(CC)(CC)C(=O)O. The van der Waals surface area contributed by atoms with Crippen molar-refractivity contribution in [1.82, 2.24) is 5.32 Å². The molecule has 0 rings (SSSR count). The Kier molecular flexibility index (Phi) is 6.80. The summed E-state index contributed by atoms with van der Waals surface area (Å²) in [6.45, 7) is 6.00. The van der Waals surface area contributed by atoms with Crippen LogP contribution in [0.2, 0.25) is 0 Å². The van der Waals surface area contributed by atoms with Gasteiger partial charge in [-0.15, -0.1) is 0 Å². The number of carbonyl (C=O) groups excluding carboxylic acids is 1. The van der Waals surface area contributed by atoms with Crippen LogP contribution in [-0.4, -0.2) is 30.1 Å². The van der Waals surface area contributed by atoms with E-state index < -0.39 is 11.4 Å². The molecule has 0 aliphatic heterocycles. The Bertz CT molecular complexity index is 258. The summed E-state index contributed by atoms with van der Waals surface area (Å²) in [6, 6.07) is 0. The highest BCUT2D eigenvalue weighted by molar-refractivity contribution is 5.80. The summed E-state index contributed by atoms with van der Waals surface area (Å²) in [6.07, 6.45) is 1.66. The molecule has 0 radical (unpaired) electrons. The molecular formula is C12H24N2O3. The second-order valence-corrected chi connectivity index (χ2v) is 4.35. The molecule has 0 aromatic carbocycles. The maximum absolute atomic E-state index is 11.7. The molecule has 0 saturated heterocycles. The standard InChI is InChI=1S/C12H24N2O3/c1-4-9(7-13)10(15)14-8-12(5-2,6-3)11(16)17/h9H,4-8,13H2,1-3H3,(H,14,15)(H,16,17). The molecule has 0 aromatic heterocycles. The molecule has 1 unspecified atom stereocenters. The van der Waals surface area contributed by atoms with Crippen LogP contribution in [0.3, 0.4) is 0 Å². The third-order valence-corrected chi connectivity index (χ3v) is 3.56. The van der Waals surface area contributed by atoms with Crippen molar-refractivity contribution in [2.24, 2.45) is 17.1 Å². The second kappa shape index (κ2) is 7.27. The average molecular weight is 244 g/mol. The summed E-state index contributed by atoms with van der Waals surface area (Å²) in [5.41, 5.74) is 4.61. The van der Waals surface area contributed by atoms with Gasteiger partial charge in [0.2, 0.25) is 5.91 Å². The highest BCUT2D eigenvalue weighted by atomic mass is 16.4. The van der Waals surface area contributed by atoms with Crippen molar-refractivity contribution in [3.8, 4) is 0 Å². The minimum absolute atomic E-state index is 0.150. The minimum atomic E-state index is -0.859. The van der Waals surface area contributed by atoms with Gasteiger partial charge in [-0.2, -0.15) is 0 Å². The lowest BCUT2D eigenvalue weighted by Crippen LogP contribution is -2.45. The Morgan fingerprint density at radius 2 is 1.82 bits per heavy atom. The molecular weight excluding hydrogens is 220 g/mol. The topological polar surface area (TPSA) is 92.4 Å². The zero-order chi connectivity index (χ0) is 13.5. The van der Waals surface area contributed by atoms with Gasteiger partial charge in [0.05, 0.1) is 5.41 Å². The average Bonchev–Trinajstić information content (AvgIpc) is 2.32. The molecule has 17 heavy (non-hydrogen) atoms. The number of amides is 1. The van der Waals surface area contributed by atoms with Crippen LogP contribution >= 0.6 is 0 Å². The monoisotopic (exact) mass is 244 g/mol. The first-order valence-corrected chi connectivity index (χ1v) is 6.18. The number of aliphatic carboxylic acids is 1. The lowest BCUT2D eigenvalue weighted by atomic mass is 9.82. The number of rotatable bonds is 8. The normalized spacial score (nSPS) is 13.2. The van der Waals surface area contributed by atoms with Crippen LogP contribution in [0.4, 0.5) is 0 Å². The van der Waals surface area contributed by atoms with Gasteiger partial charge < -0.3 is 16.2 Å². The first-order chi connectivity index (χ1) is 7.97. The molecule has 1 atom stereocenters. The van der Waals surface area contributed by atoms with Gasteiger partial charge in [-0.25, -0.2) is 0 Å². The third-order valence-electron chi connectivity index (χ3n) is 3.56. The van der Waals surface area contributed by atoms with Gasteiger partial charge in [0.15, 0.2) is 0 Å². The van der Waals surface area contributed by atoms with E-state index in [1.807, 2.05) is 20.8 Å².